The molecule has 2 atom stereocenters. The molecule has 100 valence electrons. The molecule has 1 aliphatic carbocycles. The zero-order valence-corrected chi connectivity index (χ0v) is 11.0. The van der Waals surface area contributed by atoms with Gasteiger partial charge in [-0.1, -0.05) is 25.0 Å². The van der Waals surface area contributed by atoms with Crippen molar-refractivity contribution in [2.75, 3.05) is 6.61 Å². The van der Waals surface area contributed by atoms with E-state index in [9.17, 15) is 5.11 Å². The minimum atomic E-state index is -0.359. The molecular weight excluding hydrogens is 228 g/mol. The molecule has 2 rings (SSSR count). The Labute approximate surface area is 109 Å². The SMILES string of the molecule is CCOc1ccccc1OC1CCCCCC1O. The van der Waals surface area contributed by atoms with Gasteiger partial charge in [-0.2, -0.15) is 0 Å². The van der Waals surface area contributed by atoms with Gasteiger partial charge in [-0.05, 0) is 38.3 Å². The smallest absolute Gasteiger partial charge is 0.161 e. The van der Waals surface area contributed by atoms with Crippen LogP contribution in [0.3, 0.4) is 0 Å². The predicted molar refractivity (Wildman–Crippen MR) is 71.1 cm³/mol. The topological polar surface area (TPSA) is 38.7 Å². The van der Waals surface area contributed by atoms with E-state index in [0.717, 1.165) is 37.2 Å². The average Bonchev–Trinajstić information content (AvgIpc) is 2.58. The van der Waals surface area contributed by atoms with Crippen LogP contribution >= 0.6 is 0 Å². The average molecular weight is 250 g/mol. The Morgan fingerprint density at radius 1 is 1.11 bits per heavy atom. The molecule has 1 fully saturated rings. The molecule has 1 aromatic carbocycles. The number of hydrogen-bond acceptors (Lipinski definition) is 3. The van der Waals surface area contributed by atoms with E-state index in [2.05, 4.69) is 0 Å². The summed E-state index contributed by atoms with van der Waals surface area (Å²) in [6.07, 6.45) is 4.69. The number of para-hydroxylation sites is 2. The first kappa shape index (κ1) is 13.2. The van der Waals surface area contributed by atoms with Crippen LogP contribution in [0.25, 0.3) is 0 Å². The summed E-state index contributed by atoms with van der Waals surface area (Å²) in [5.41, 5.74) is 0. The first-order valence-corrected chi connectivity index (χ1v) is 6.88. The van der Waals surface area contributed by atoms with E-state index in [-0.39, 0.29) is 12.2 Å². The fraction of sp³-hybridized carbons (Fsp3) is 0.600. The van der Waals surface area contributed by atoms with Crippen LogP contribution in [0.5, 0.6) is 11.5 Å². The number of aliphatic hydroxyl groups is 1. The molecule has 0 spiro atoms. The van der Waals surface area contributed by atoms with Crippen LogP contribution < -0.4 is 9.47 Å². The van der Waals surface area contributed by atoms with Crippen LogP contribution in [0.4, 0.5) is 0 Å². The summed E-state index contributed by atoms with van der Waals surface area (Å²) >= 11 is 0. The molecule has 0 amide bonds. The van der Waals surface area contributed by atoms with Crippen molar-refractivity contribution < 1.29 is 14.6 Å². The quantitative estimate of drug-likeness (QED) is 0.834. The van der Waals surface area contributed by atoms with Crippen molar-refractivity contribution in [3.8, 4) is 11.5 Å². The molecule has 0 saturated heterocycles. The summed E-state index contributed by atoms with van der Waals surface area (Å²) < 4.78 is 11.5. The zero-order chi connectivity index (χ0) is 12.8. The van der Waals surface area contributed by atoms with E-state index in [1.54, 1.807) is 0 Å². The molecule has 3 nitrogen and oxygen atoms in total. The van der Waals surface area contributed by atoms with Gasteiger partial charge in [0.15, 0.2) is 11.5 Å². The van der Waals surface area contributed by atoms with E-state index >= 15 is 0 Å². The fourth-order valence-corrected chi connectivity index (χ4v) is 2.38. The minimum absolute atomic E-state index is 0.103. The van der Waals surface area contributed by atoms with Crippen LogP contribution in [0, 0.1) is 0 Å². The lowest BCUT2D eigenvalue weighted by molar-refractivity contribution is 0.0302. The zero-order valence-electron chi connectivity index (χ0n) is 11.0. The molecule has 1 N–H and O–H groups in total. The van der Waals surface area contributed by atoms with Crippen molar-refractivity contribution in [2.45, 2.75) is 51.2 Å². The molecule has 0 bridgehead atoms. The third kappa shape index (κ3) is 3.39. The first-order chi connectivity index (χ1) is 8.81. The van der Waals surface area contributed by atoms with Crippen molar-refractivity contribution >= 4 is 0 Å². The van der Waals surface area contributed by atoms with Gasteiger partial charge in [0.1, 0.15) is 6.10 Å². The molecule has 1 saturated carbocycles. The second-order valence-corrected chi connectivity index (χ2v) is 4.74. The second kappa shape index (κ2) is 6.64. The molecule has 0 radical (unpaired) electrons. The van der Waals surface area contributed by atoms with Crippen molar-refractivity contribution in [3.63, 3.8) is 0 Å². The van der Waals surface area contributed by atoms with Gasteiger partial charge in [0.25, 0.3) is 0 Å². The lowest BCUT2D eigenvalue weighted by Gasteiger charge is -2.23. The van der Waals surface area contributed by atoms with Crippen LogP contribution in [-0.2, 0) is 0 Å². The van der Waals surface area contributed by atoms with E-state index in [1.807, 2.05) is 31.2 Å². The van der Waals surface area contributed by atoms with Crippen molar-refractivity contribution in [2.24, 2.45) is 0 Å². The lowest BCUT2D eigenvalue weighted by atomic mass is 10.1. The molecule has 18 heavy (non-hydrogen) atoms. The highest BCUT2D eigenvalue weighted by molar-refractivity contribution is 5.39. The highest BCUT2D eigenvalue weighted by Crippen LogP contribution is 2.30. The van der Waals surface area contributed by atoms with Gasteiger partial charge in [0.2, 0.25) is 0 Å². The molecule has 0 heterocycles. The van der Waals surface area contributed by atoms with Gasteiger partial charge in [-0.25, -0.2) is 0 Å². The van der Waals surface area contributed by atoms with Crippen molar-refractivity contribution in [3.05, 3.63) is 24.3 Å². The Balaban J connectivity index is 2.07. The van der Waals surface area contributed by atoms with Crippen LogP contribution in [0.2, 0.25) is 0 Å². The summed E-state index contributed by atoms with van der Waals surface area (Å²) in [4.78, 5) is 0. The molecule has 2 unspecified atom stereocenters. The van der Waals surface area contributed by atoms with E-state index in [0.29, 0.717) is 6.61 Å². The summed E-state index contributed by atoms with van der Waals surface area (Å²) in [5, 5.41) is 10.1. The number of rotatable bonds is 4. The van der Waals surface area contributed by atoms with E-state index < -0.39 is 0 Å². The Morgan fingerprint density at radius 3 is 2.61 bits per heavy atom. The third-order valence-electron chi connectivity index (χ3n) is 3.35. The van der Waals surface area contributed by atoms with Gasteiger partial charge < -0.3 is 14.6 Å². The Kier molecular flexibility index (Phi) is 4.88. The lowest BCUT2D eigenvalue weighted by Crippen LogP contribution is -2.30. The maximum absolute atomic E-state index is 10.1. The molecule has 0 aromatic heterocycles. The predicted octanol–water partition coefficient (Wildman–Crippen LogP) is 3.16. The summed E-state index contributed by atoms with van der Waals surface area (Å²) in [5.74, 6) is 1.50. The van der Waals surface area contributed by atoms with E-state index in [4.69, 9.17) is 9.47 Å². The normalized spacial score (nSPS) is 24.3. The Bertz CT molecular complexity index is 365. The standard InChI is InChI=1S/C15H22O3/c1-2-17-14-10-6-7-11-15(14)18-13-9-5-3-4-8-12(13)16/h6-7,10-13,16H,2-5,8-9H2,1H3. The number of aliphatic hydroxyl groups excluding tert-OH is 1. The molecule has 1 aromatic rings. The number of ether oxygens (including phenoxy) is 2. The number of hydrogen-bond donors (Lipinski definition) is 1. The number of benzene rings is 1. The van der Waals surface area contributed by atoms with Gasteiger partial charge >= 0.3 is 0 Å². The van der Waals surface area contributed by atoms with Crippen LogP contribution in [-0.4, -0.2) is 23.9 Å². The molecular formula is C15H22O3. The highest BCUT2D eigenvalue weighted by atomic mass is 16.5. The van der Waals surface area contributed by atoms with Gasteiger partial charge in [-0.3, -0.25) is 0 Å². The van der Waals surface area contributed by atoms with Crippen LogP contribution in [0.15, 0.2) is 24.3 Å². The fourth-order valence-electron chi connectivity index (χ4n) is 2.38. The molecule has 1 aliphatic rings. The minimum Gasteiger partial charge on any atom is -0.490 e. The largest absolute Gasteiger partial charge is 0.490 e. The van der Waals surface area contributed by atoms with Crippen molar-refractivity contribution in [1.29, 1.82) is 0 Å². The highest BCUT2D eigenvalue weighted by Gasteiger charge is 2.24. The van der Waals surface area contributed by atoms with Gasteiger partial charge in [0, 0.05) is 0 Å². The maximum atomic E-state index is 10.1. The second-order valence-electron chi connectivity index (χ2n) is 4.74. The first-order valence-electron chi connectivity index (χ1n) is 6.88. The van der Waals surface area contributed by atoms with Gasteiger partial charge in [0.05, 0.1) is 12.7 Å². The maximum Gasteiger partial charge on any atom is 0.161 e. The van der Waals surface area contributed by atoms with Crippen molar-refractivity contribution in [1.82, 2.24) is 0 Å². The third-order valence-corrected chi connectivity index (χ3v) is 3.35. The van der Waals surface area contributed by atoms with E-state index in [1.165, 1.54) is 6.42 Å². The summed E-state index contributed by atoms with van der Waals surface area (Å²) in [6.45, 7) is 2.57. The van der Waals surface area contributed by atoms with Gasteiger partial charge in [-0.15, -0.1) is 0 Å². The molecule has 3 heteroatoms. The van der Waals surface area contributed by atoms with Crippen LogP contribution in [0.1, 0.15) is 39.0 Å². The monoisotopic (exact) mass is 250 g/mol. The summed E-state index contributed by atoms with van der Waals surface area (Å²) in [6, 6.07) is 7.67. The summed E-state index contributed by atoms with van der Waals surface area (Å²) in [7, 11) is 0. The Hall–Kier alpha value is -1.22. The Morgan fingerprint density at radius 2 is 1.83 bits per heavy atom. The molecule has 0 aliphatic heterocycles.